The Bertz CT molecular complexity index is 519. The number of amides is 1. The fraction of sp³-hybridized carbons (Fsp3) is 0.462. The van der Waals surface area contributed by atoms with Crippen LogP contribution in [-0.4, -0.2) is 35.2 Å². The fourth-order valence-electron chi connectivity index (χ4n) is 2.25. The summed E-state index contributed by atoms with van der Waals surface area (Å²) in [6.07, 6.45) is -3.92. The van der Waals surface area contributed by atoms with Crippen LogP contribution in [0.4, 0.5) is 13.2 Å². The van der Waals surface area contributed by atoms with Crippen molar-refractivity contribution in [2.45, 2.75) is 19.0 Å². The molecule has 1 heterocycles. The second-order valence-corrected chi connectivity index (χ2v) is 5.21. The number of phenolic OH excluding ortho intramolecular Hbond substituents is 1. The van der Waals surface area contributed by atoms with E-state index in [0.717, 1.165) is 0 Å². The molecule has 110 valence electrons. The normalized spacial score (nSPS) is 20.0. The predicted octanol–water partition coefficient (Wildman–Crippen LogP) is 3.46. The van der Waals surface area contributed by atoms with Gasteiger partial charge >= 0.3 is 6.18 Å². The van der Waals surface area contributed by atoms with E-state index >= 15 is 0 Å². The van der Waals surface area contributed by atoms with Crippen molar-refractivity contribution in [2.24, 2.45) is 5.92 Å². The molecule has 0 bridgehead atoms. The van der Waals surface area contributed by atoms with Crippen LogP contribution in [-0.2, 0) is 0 Å². The van der Waals surface area contributed by atoms with E-state index in [1.54, 1.807) is 0 Å². The second kappa shape index (κ2) is 5.52. The minimum atomic E-state index is -4.29. The number of hydrogen-bond acceptors (Lipinski definition) is 2. The van der Waals surface area contributed by atoms with Gasteiger partial charge in [-0.3, -0.25) is 4.79 Å². The standard InChI is InChI=1S/C13H13ClF3NO2/c14-10-6-8(3-4-11(10)19)12(20)18-5-1-2-9(7-18)13(15,16)17/h3-4,6,9,19H,1-2,5,7H2. The molecule has 0 spiro atoms. The molecule has 7 heteroatoms. The molecule has 1 saturated heterocycles. The number of benzene rings is 1. The Morgan fingerprint density at radius 2 is 2.10 bits per heavy atom. The van der Waals surface area contributed by atoms with Crippen LogP contribution in [0.5, 0.6) is 5.75 Å². The molecular weight excluding hydrogens is 295 g/mol. The van der Waals surface area contributed by atoms with Crippen molar-refractivity contribution in [1.29, 1.82) is 0 Å². The zero-order chi connectivity index (χ0) is 14.9. The minimum Gasteiger partial charge on any atom is -0.506 e. The Hall–Kier alpha value is -1.43. The first-order valence-corrected chi connectivity index (χ1v) is 6.51. The monoisotopic (exact) mass is 307 g/mol. The second-order valence-electron chi connectivity index (χ2n) is 4.80. The van der Waals surface area contributed by atoms with Crippen molar-refractivity contribution in [3.63, 3.8) is 0 Å². The summed E-state index contributed by atoms with van der Waals surface area (Å²) < 4.78 is 38.1. The predicted molar refractivity (Wildman–Crippen MR) is 67.8 cm³/mol. The number of hydrogen-bond donors (Lipinski definition) is 1. The van der Waals surface area contributed by atoms with Crippen LogP contribution in [0.1, 0.15) is 23.2 Å². The molecule has 1 aliphatic rings. The Kier molecular flexibility index (Phi) is 4.13. The van der Waals surface area contributed by atoms with Crippen LogP contribution < -0.4 is 0 Å². The smallest absolute Gasteiger partial charge is 0.393 e. The summed E-state index contributed by atoms with van der Waals surface area (Å²) in [6.45, 7) is -0.0370. The van der Waals surface area contributed by atoms with Gasteiger partial charge in [-0.2, -0.15) is 13.2 Å². The van der Waals surface area contributed by atoms with Gasteiger partial charge in [0.2, 0.25) is 0 Å². The van der Waals surface area contributed by atoms with Crippen molar-refractivity contribution in [3.05, 3.63) is 28.8 Å². The Balaban J connectivity index is 2.14. The lowest BCUT2D eigenvalue weighted by Gasteiger charge is -2.33. The third-order valence-electron chi connectivity index (χ3n) is 3.37. The van der Waals surface area contributed by atoms with Gasteiger partial charge in [0.15, 0.2) is 0 Å². The first-order chi connectivity index (χ1) is 9.29. The Labute approximate surface area is 118 Å². The van der Waals surface area contributed by atoms with Crippen LogP contribution in [0.15, 0.2) is 18.2 Å². The van der Waals surface area contributed by atoms with Gasteiger partial charge in [0.25, 0.3) is 5.91 Å². The average molecular weight is 308 g/mol. The quantitative estimate of drug-likeness (QED) is 0.863. The number of piperidine rings is 1. The highest BCUT2D eigenvalue weighted by molar-refractivity contribution is 6.32. The van der Waals surface area contributed by atoms with Crippen molar-refractivity contribution in [3.8, 4) is 5.75 Å². The van der Waals surface area contributed by atoms with Crippen LogP contribution in [0.2, 0.25) is 5.02 Å². The van der Waals surface area contributed by atoms with Crippen molar-refractivity contribution < 1.29 is 23.1 Å². The van der Waals surface area contributed by atoms with Crippen LogP contribution in [0.3, 0.4) is 0 Å². The number of alkyl halides is 3. The molecule has 0 aliphatic carbocycles. The maximum atomic E-state index is 12.7. The first-order valence-electron chi connectivity index (χ1n) is 6.13. The molecule has 0 radical (unpaired) electrons. The van der Waals surface area contributed by atoms with E-state index in [0.29, 0.717) is 13.0 Å². The lowest BCUT2D eigenvalue weighted by atomic mass is 9.97. The van der Waals surface area contributed by atoms with E-state index in [9.17, 15) is 23.1 Å². The molecule has 1 aliphatic heterocycles. The zero-order valence-corrected chi connectivity index (χ0v) is 11.2. The van der Waals surface area contributed by atoms with Gasteiger partial charge < -0.3 is 10.0 Å². The zero-order valence-electron chi connectivity index (χ0n) is 10.5. The molecule has 2 rings (SSSR count). The van der Waals surface area contributed by atoms with Crippen LogP contribution >= 0.6 is 11.6 Å². The summed E-state index contributed by atoms with van der Waals surface area (Å²) in [6, 6.07) is 3.86. The third kappa shape index (κ3) is 3.17. The van der Waals surface area contributed by atoms with Gasteiger partial charge in [0.05, 0.1) is 10.9 Å². The molecule has 1 N–H and O–H groups in total. The number of nitrogens with zero attached hydrogens (tertiary/aromatic N) is 1. The maximum Gasteiger partial charge on any atom is 0.393 e. The van der Waals surface area contributed by atoms with E-state index in [4.69, 9.17) is 11.6 Å². The molecule has 1 aromatic rings. The summed E-state index contributed by atoms with van der Waals surface area (Å²) in [4.78, 5) is 13.3. The van der Waals surface area contributed by atoms with Gasteiger partial charge in [-0.15, -0.1) is 0 Å². The van der Waals surface area contributed by atoms with E-state index in [1.165, 1.54) is 23.1 Å². The van der Waals surface area contributed by atoms with Gasteiger partial charge in [0.1, 0.15) is 5.75 Å². The van der Waals surface area contributed by atoms with Crippen molar-refractivity contribution >= 4 is 17.5 Å². The van der Waals surface area contributed by atoms with Gasteiger partial charge in [-0.1, -0.05) is 11.6 Å². The molecule has 1 fully saturated rings. The van der Waals surface area contributed by atoms with E-state index in [2.05, 4.69) is 0 Å². The molecule has 3 nitrogen and oxygen atoms in total. The van der Waals surface area contributed by atoms with Crippen molar-refractivity contribution in [2.75, 3.05) is 13.1 Å². The molecule has 1 unspecified atom stereocenters. The Morgan fingerprint density at radius 3 is 2.70 bits per heavy atom. The molecule has 1 aromatic carbocycles. The molecule has 20 heavy (non-hydrogen) atoms. The van der Waals surface area contributed by atoms with Crippen LogP contribution in [0.25, 0.3) is 0 Å². The summed E-state index contributed by atoms with van der Waals surface area (Å²) in [5.41, 5.74) is 0.177. The largest absolute Gasteiger partial charge is 0.506 e. The lowest BCUT2D eigenvalue weighted by Crippen LogP contribution is -2.44. The summed E-state index contributed by atoms with van der Waals surface area (Å²) in [7, 11) is 0. The van der Waals surface area contributed by atoms with Gasteiger partial charge in [-0.05, 0) is 31.0 Å². The highest BCUT2D eigenvalue weighted by atomic mass is 35.5. The Morgan fingerprint density at radius 1 is 1.40 bits per heavy atom. The molecule has 1 amide bonds. The van der Waals surface area contributed by atoms with Crippen molar-refractivity contribution in [1.82, 2.24) is 4.90 Å². The summed E-state index contributed by atoms with van der Waals surface area (Å²) >= 11 is 5.70. The average Bonchev–Trinajstić information content (AvgIpc) is 2.40. The summed E-state index contributed by atoms with van der Waals surface area (Å²) in [5, 5.41) is 9.28. The molecule has 0 saturated carbocycles. The van der Waals surface area contributed by atoms with E-state index in [-0.39, 0.29) is 29.3 Å². The maximum absolute atomic E-state index is 12.7. The SMILES string of the molecule is O=C(c1ccc(O)c(Cl)c1)N1CCCC(C(F)(F)F)C1. The van der Waals surface area contributed by atoms with E-state index in [1.807, 2.05) is 0 Å². The molecular formula is C13H13ClF3NO2. The molecule has 0 aromatic heterocycles. The fourth-order valence-corrected chi connectivity index (χ4v) is 2.43. The van der Waals surface area contributed by atoms with Crippen LogP contribution in [0, 0.1) is 5.92 Å². The number of aromatic hydroxyl groups is 1. The first kappa shape index (κ1) is 15.0. The van der Waals surface area contributed by atoms with E-state index < -0.39 is 18.0 Å². The molecule has 1 atom stereocenters. The highest BCUT2D eigenvalue weighted by Gasteiger charge is 2.42. The number of carbonyl (C=O) groups is 1. The number of likely N-dealkylation sites (tertiary alicyclic amines) is 1. The third-order valence-corrected chi connectivity index (χ3v) is 3.67. The summed E-state index contributed by atoms with van der Waals surface area (Å²) in [5.74, 6) is -2.15. The van der Waals surface area contributed by atoms with Gasteiger partial charge in [-0.25, -0.2) is 0 Å². The minimum absolute atomic E-state index is 0.000214. The number of rotatable bonds is 1. The lowest BCUT2D eigenvalue weighted by molar-refractivity contribution is -0.184. The number of halogens is 4. The topological polar surface area (TPSA) is 40.5 Å². The highest BCUT2D eigenvalue weighted by Crippen LogP contribution is 2.34. The van der Waals surface area contributed by atoms with Gasteiger partial charge in [0, 0.05) is 18.7 Å². The number of carbonyl (C=O) groups excluding carboxylic acids is 1. The number of phenols is 1.